The third-order valence-corrected chi connectivity index (χ3v) is 3.22. The summed E-state index contributed by atoms with van der Waals surface area (Å²) < 4.78 is 0. The lowest BCUT2D eigenvalue weighted by atomic mass is 9.94. The lowest BCUT2D eigenvalue weighted by Gasteiger charge is -2.11. The molecule has 0 unspecified atom stereocenters. The van der Waals surface area contributed by atoms with Gasteiger partial charge in [-0.15, -0.1) is 0 Å². The van der Waals surface area contributed by atoms with Crippen LogP contribution in [-0.4, -0.2) is 0 Å². The fourth-order valence-electron chi connectivity index (χ4n) is 2.43. The third kappa shape index (κ3) is 2.28. The third-order valence-electron chi connectivity index (χ3n) is 3.22. The van der Waals surface area contributed by atoms with Gasteiger partial charge in [-0.25, -0.2) is 0 Å². The molecule has 0 aliphatic rings. The van der Waals surface area contributed by atoms with Crippen LogP contribution in [0.3, 0.4) is 0 Å². The highest BCUT2D eigenvalue weighted by Gasteiger charge is 2.12. The van der Waals surface area contributed by atoms with Gasteiger partial charge in [-0.3, -0.25) is 5.11 Å². The van der Waals surface area contributed by atoms with Crippen LogP contribution >= 0.6 is 0 Å². The molecular formula is C16H19O. The fourth-order valence-corrected chi connectivity index (χ4v) is 2.43. The summed E-state index contributed by atoms with van der Waals surface area (Å²) in [6.07, 6.45) is 4.03. The molecule has 0 atom stereocenters. The molecule has 0 amide bonds. The van der Waals surface area contributed by atoms with Crippen molar-refractivity contribution in [2.24, 2.45) is 0 Å². The van der Waals surface area contributed by atoms with Crippen molar-refractivity contribution in [1.82, 2.24) is 0 Å². The molecule has 0 bridgehead atoms. The van der Waals surface area contributed by atoms with Gasteiger partial charge in [0.1, 0.15) is 0 Å². The molecule has 1 nitrogen and oxygen atoms in total. The number of hydrogen-bond acceptors (Lipinski definition) is 0. The van der Waals surface area contributed by atoms with E-state index < -0.39 is 0 Å². The first-order valence-electron chi connectivity index (χ1n) is 6.48. The summed E-state index contributed by atoms with van der Waals surface area (Å²) in [5.41, 5.74) is 2.28. The Morgan fingerprint density at radius 2 is 1.71 bits per heavy atom. The molecule has 1 radical (unpaired) electrons. The van der Waals surface area contributed by atoms with E-state index in [0.717, 1.165) is 42.0 Å². The van der Waals surface area contributed by atoms with Crippen LogP contribution in [0.2, 0.25) is 0 Å². The minimum absolute atomic E-state index is 0.244. The maximum Gasteiger partial charge on any atom is 0.189 e. The van der Waals surface area contributed by atoms with Crippen LogP contribution in [-0.2, 0) is 17.9 Å². The predicted molar refractivity (Wildman–Crippen MR) is 72.1 cm³/mol. The quantitative estimate of drug-likeness (QED) is 0.708. The van der Waals surface area contributed by atoms with Gasteiger partial charge < -0.3 is 0 Å². The molecule has 0 saturated heterocycles. The van der Waals surface area contributed by atoms with Crippen molar-refractivity contribution in [3.8, 4) is 5.75 Å². The van der Waals surface area contributed by atoms with Crippen LogP contribution in [0.25, 0.3) is 10.8 Å². The van der Waals surface area contributed by atoms with E-state index in [1.165, 1.54) is 5.56 Å². The van der Waals surface area contributed by atoms with Gasteiger partial charge in [-0.2, -0.15) is 0 Å². The summed E-state index contributed by atoms with van der Waals surface area (Å²) in [5, 5.41) is 14.4. The number of rotatable bonds is 4. The smallest absolute Gasteiger partial charge is 0.189 e. The second-order valence-corrected chi connectivity index (χ2v) is 4.56. The molecule has 0 fully saturated rings. The summed E-state index contributed by atoms with van der Waals surface area (Å²) in [6, 6.07) is 10.1. The normalized spacial score (nSPS) is 10.9. The van der Waals surface area contributed by atoms with Crippen LogP contribution in [0.1, 0.15) is 37.8 Å². The Hall–Kier alpha value is -1.50. The number of fused-ring (bicyclic) bond motifs is 1. The second kappa shape index (κ2) is 5.22. The van der Waals surface area contributed by atoms with Crippen LogP contribution in [0.5, 0.6) is 5.75 Å². The van der Waals surface area contributed by atoms with Crippen LogP contribution in [0.4, 0.5) is 0 Å². The standard InChI is InChI=1S/C16H19O/c1-3-7-12-11-13-9-5-6-10-15(13)16(17)14(12)8-4-2/h5-6,9-11H,3-4,7-8H2,1-2H3. The summed E-state index contributed by atoms with van der Waals surface area (Å²) in [7, 11) is 0. The Bertz CT molecular complexity index is 514. The van der Waals surface area contributed by atoms with Gasteiger partial charge in [0, 0.05) is 10.9 Å². The highest BCUT2D eigenvalue weighted by molar-refractivity contribution is 5.90. The van der Waals surface area contributed by atoms with E-state index in [4.69, 9.17) is 0 Å². The average Bonchev–Trinajstić information content (AvgIpc) is 2.34. The van der Waals surface area contributed by atoms with E-state index >= 15 is 0 Å². The van der Waals surface area contributed by atoms with Crippen molar-refractivity contribution in [2.75, 3.05) is 0 Å². The lowest BCUT2D eigenvalue weighted by molar-refractivity contribution is 0.354. The van der Waals surface area contributed by atoms with Gasteiger partial charge in [0.15, 0.2) is 5.75 Å². The molecule has 0 aliphatic heterocycles. The van der Waals surface area contributed by atoms with Crippen LogP contribution in [0, 0.1) is 0 Å². The lowest BCUT2D eigenvalue weighted by Crippen LogP contribution is -1.95. The molecule has 1 heteroatoms. The number of benzene rings is 2. The second-order valence-electron chi connectivity index (χ2n) is 4.56. The fraction of sp³-hybridized carbons (Fsp3) is 0.375. The molecular weight excluding hydrogens is 208 g/mol. The zero-order chi connectivity index (χ0) is 12.3. The maximum absolute atomic E-state index is 12.4. The molecule has 0 saturated carbocycles. The largest absolute Gasteiger partial charge is 0.289 e. The molecule has 89 valence electrons. The van der Waals surface area contributed by atoms with Crippen molar-refractivity contribution >= 4 is 10.8 Å². The highest BCUT2D eigenvalue weighted by atomic mass is 16.3. The summed E-state index contributed by atoms with van der Waals surface area (Å²) >= 11 is 0. The van der Waals surface area contributed by atoms with Crippen molar-refractivity contribution in [3.63, 3.8) is 0 Å². The summed E-state index contributed by atoms with van der Waals surface area (Å²) in [6.45, 7) is 4.29. The molecule has 2 rings (SSSR count). The van der Waals surface area contributed by atoms with Gasteiger partial charge in [-0.1, -0.05) is 57.0 Å². The Morgan fingerprint density at radius 3 is 2.41 bits per heavy atom. The van der Waals surface area contributed by atoms with Gasteiger partial charge >= 0.3 is 0 Å². The average molecular weight is 227 g/mol. The van der Waals surface area contributed by atoms with Gasteiger partial charge in [0.2, 0.25) is 0 Å². The van der Waals surface area contributed by atoms with E-state index in [9.17, 15) is 5.11 Å². The molecule has 0 spiro atoms. The first kappa shape index (κ1) is 12.0. The number of aryl methyl sites for hydroxylation is 1. The molecule has 0 aromatic heterocycles. The highest BCUT2D eigenvalue weighted by Crippen LogP contribution is 2.33. The van der Waals surface area contributed by atoms with Crippen molar-refractivity contribution in [2.45, 2.75) is 39.5 Å². The first-order valence-corrected chi connectivity index (χ1v) is 6.48. The first-order chi connectivity index (χ1) is 8.27. The molecule has 2 aromatic carbocycles. The van der Waals surface area contributed by atoms with Crippen LogP contribution < -0.4 is 0 Å². The van der Waals surface area contributed by atoms with Crippen molar-refractivity contribution in [3.05, 3.63) is 41.5 Å². The maximum atomic E-state index is 12.4. The Balaban J connectivity index is 2.65. The molecule has 2 aromatic rings. The van der Waals surface area contributed by atoms with E-state index in [1.54, 1.807) is 0 Å². The molecule has 0 aliphatic carbocycles. The Morgan fingerprint density at radius 1 is 1.00 bits per heavy atom. The van der Waals surface area contributed by atoms with E-state index in [0.29, 0.717) is 0 Å². The van der Waals surface area contributed by atoms with E-state index in [1.807, 2.05) is 24.3 Å². The topological polar surface area (TPSA) is 19.9 Å². The predicted octanol–water partition coefficient (Wildman–Crippen LogP) is 4.89. The van der Waals surface area contributed by atoms with E-state index in [-0.39, 0.29) is 5.75 Å². The SMILES string of the molecule is CCCc1cc2ccccc2c([O])c1CCC. The van der Waals surface area contributed by atoms with Crippen LogP contribution in [0.15, 0.2) is 30.3 Å². The van der Waals surface area contributed by atoms with Crippen molar-refractivity contribution in [1.29, 1.82) is 0 Å². The number of hydrogen-bond donors (Lipinski definition) is 0. The van der Waals surface area contributed by atoms with Gasteiger partial charge in [-0.05, 0) is 23.8 Å². The monoisotopic (exact) mass is 227 g/mol. The summed E-state index contributed by atoms with van der Waals surface area (Å²) in [4.78, 5) is 0. The van der Waals surface area contributed by atoms with Gasteiger partial charge in [0.05, 0.1) is 0 Å². The Kier molecular flexibility index (Phi) is 3.68. The van der Waals surface area contributed by atoms with E-state index in [2.05, 4.69) is 19.9 Å². The summed E-state index contributed by atoms with van der Waals surface area (Å²) in [5.74, 6) is 0.244. The minimum Gasteiger partial charge on any atom is -0.289 e. The Labute approximate surface area is 103 Å². The van der Waals surface area contributed by atoms with Gasteiger partial charge in [0.25, 0.3) is 0 Å². The minimum atomic E-state index is 0.244. The molecule has 0 heterocycles. The zero-order valence-electron chi connectivity index (χ0n) is 10.6. The molecule has 0 N–H and O–H groups in total. The molecule has 17 heavy (non-hydrogen) atoms. The van der Waals surface area contributed by atoms with Crippen molar-refractivity contribution < 1.29 is 5.11 Å². The zero-order valence-corrected chi connectivity index (χ0v) is 10.6.